The van der Waals surface area contributed by atoms with Gasteiger partial charge >= 0.3 is 0 Å². The smallest absolute Gasteiger partial charge is 0.261 e. The number of aromatic nitrogens is 2. The topological polar surface area (TPSA) is 81.1 Å². The second-order valence-corrected chi connectivity index (χ2v) is 7.75. The summed E-state index contributed by atoms with van der Waals surface area (Å²) in [6, 6.07) is 12.0. The van der Waals surface area contributed by atoms with Gasteiger partial charge in [0.15, 0.2) is 0 Å². The molecule has 0 unspecified atom stereocenters. The van der Waals surface area contributed by atoms with Crippen molar-refractivity contribution in [2.45, 2.75) is 25.3 Å². The molecule has 3 aromatic rings. The van der Waals surface area contributed by atoms with Gasteiger partial charge < -0.3 is 0 Å². The molecule has 0 spiro atoms. The van der Waals surface area contributed by atoms with Gasteiger partial charge in [-0.2, -0.15) is 0 Å². The predicted molar refractivity (Wildman–Crippen MR) is 96.9 cm³/mol. The summed E-state index contributed by atoms with van der Waals surface area (Å²) in [5, 5.41) is 0.505. The number of aryl methyl sites for hydroxylation is 2. The maximum absolute atomic E-state index is 12.5. The Labute approximate surface area is 146 Å². The van der Waals surface area contributed by atoms with Crippen LogP contribution in [0.2, 0.25) is 0 Å². The first kappa shape index (κ1) is 17.3. The molecule has 0 aliphatic heterocycles. The number of fused-ring (bicyclic) bond motifs is 1. The number of nitrogens with zero attached hydrogens (tertiary/aromatic N) is 2. The van der Waals surface area contributed by atoms with Crippen LogP contribution in [0.4, 0.5) is 0 Å². The molecule has 2 aromatic carbocycles. The lowest BCUT2D eigenvalue weighted by atomic mass is 10.1. The number of para-hydroxylation sites is 1. The lowest BCUT2D eigenvalue weighted by molar-refractivity contribution is 0.576. The normalized spacial score (nSPS) is 11.8. The van der Waals surface area contributed by atoms with Gasteiger partial charge in [0.2, 0.25) is 10.0 Å². The maximum atomic E-state index is 12.5. The van der Waals surface area contributed by atoms with E-state index in [1.54, 1.807) is 49.5 Å². The Balaban J connectivity index is 1.93. The molecular formula is C18H19N3O3S. The van der Waals surface area contributed by atoms with Gasteiger partial charge in [0, 0.05) is 7.05 Å². The summed E-state index contributed by atoms with van der Waals surface area (Å²) in [5.74, 6) is 0.358. The predicted octanol–water partition coefficient (Wildman–Crippen LogP) is 2.03. The van der Waals surface area contributed by atoms with E-state index in [2.05, 4.69) is 9.71 Å². The van der Waals surface area contributed by atoms with Gasteiger partial charge in [0.05, 0.1) is 22.3 Å². The highest BCUT2D eigenvalue weighted by molar-refractivity contribution is 7.89. The first-order valence-corrected chi connectivity index (χ1v) is 9.29. The lowest BCUT2D eigenvalue weighted by Crippen LogP contribution is -2.29. The third-order valence-corrected chi connectivity index (χ3v) is 5.68. The van der Waals surface area contributed by atoms with Crippen molar-refractivity contribution in [2.24, 2.45) is 7.05 Å². The summed E-state index contributed by atoms with van der Waals surface area (Å²) in [5.41, 5.74) is 2.27. The SMILES string of the molecule is Cc1ccc(S(=O)(=O)NCc2nc3ccccc3c(=O)n2C)cc1C. The first-order chi connectivity index (χ1) is 11.8. The Kier molecular flexibility index (Phi) is 4.45. The van der Waals surface area contributed by atoms with E-state index in [4.69, 9.17) is 0 Å². The van der Waals surface area contributed by atoms with Crippen LogP contribution < -0.4 is 10.3 Å². The minimum atomic E-state index is -3.69. The molecule has 25 heavy (non-hydrogen) atoms. The van der Waals surface area contributed by atoms with Gasteiger partial charge in [0.25, 0.3) is 5.56 Å². The third kappa shape index (κ3) is 3.33. The van der Waals surface area contributed by atoms with Crippen LogP contribution in [0.3, 0.4) is 0 Å². The van der Waals surface area contributed by atoms with Crippen molar-refractivity contribution < 1.29 is 8.42 Å². The molecule has 0 amide bonds. The average Bonchev–Trinajstić information content (AvgIpc) is 2.59. The Morgan fingerprint density at radius 1 is 1.08 bits per heavy atom. The second-order valence-electron chi connectivity index (χ2n) is 5.98. The zero-order valence-corrected chi connectivity index (χ0v) is 15.1. The molecule has 1 N–H and O–H groups in total. The fraction of sp³-hybridized carbons (Fsp3) is 0.222. The molecule has 0 aliphatic carbocycles. The average molecular weight is 357 g/mol. The quantitative estimate of drug-likeness (QED) is 0.775. The van der Waals surface area contributed by atoms with Gasteiger partial charge in [-0.3, -0.25) is 9.36 Å². The number of rotatable bonds is 4. The van der Waals surface area contributed by atoms with Crippen LogP contribution in [0, 0.1) is 13.8 Å². The Bertz CT molecular complexity index is 1120. The monoisotopic (exact) mass is 357 g/mol. The van der Waals surface area contributed by atoms with Gasteiger partial charge in [-0.25, -0.2) is 18.1 Å². The number of sulfonamides is 1. The van der Waals surface area contributed by atoms with Crippen LogP contribution in [0.1, 0.15) is 17.0 Å². The third-order valence-electron chi connectivity index (χ3n) is 4.28. The van der Waals surface area contributed by atoms with Crippen LogP contribution >= 0.6 is 0 Å². The number of hydrogen-bond acceptors (Lipinski definition) is 4. The highest BCUT2D eigenvalue weighted by Crippen LogP contribution is 2.15. The van der Waals surface area contributed by atoms with Crippen molar-refractivity contribution in [3.8, 4) is 0 Å². The highest BCUT2D eigenvalue weighted by Gasteiger charge is 2.16. The maximum Gasteiger partial charge on any atom is 0.261 e. The molecule has 7 heteroatoms. The van der Waals surface area contributed by atoms with Crippen molar-refractivity contribution in [1.29, 1.82) is 0 Å². The van der Waals surface area contributed by atoms with E-state index in [0.29, 0.717) is 16.7 Å². The van der Waals surface area contributed by atoms with E-state index in [1.165, 1.54) is 4.57 Å². The van der Waals surface area contributed by atoms with E-state index in [9.17, 15) is 13.2 Å². The molecule has 0 saturated carbocycles. The van der Waals surface area contributed by atoms with Crippen molar-refractivity contribution >= 4 is 20.9 Å². The van der Waals surface area contributed by atoms with E-state index in [0.717, 1.165) is 11.1 Å². The summed E-state index contributed by atoms with van der Waals surface area (Å²) < 4.78 is 28.9. The Morgan fingerprint density at radius 2 is 1.80 bits per heavy atom. The molecule has 0 radical (unpaired) electrons. The van der Waals surface area contributed by atoms with Crippen LogP contribution in [0.5, 0.6) is 0 Å². The molecule has 0 fully saturated rings. The first-order valence-electron chi connectivity index (χ1n) is 7.81. The Morgan fingerprint density at radius 3 is 2.52 bits per heavy atom. The standard InChI is InChI=1S/C18H19N3O3S/c1-12-8-9-14(10-13(12)2)25(23,24)19-11-17-20-16-7-5-4-6-15(16)18(22)21(17)3/h4-10,19H,11H2,1-3H3. The summed E-state index contributed by atoms with van der Waals surface area (Å²) in [6.07, 6.45) is 0. The number of hydrogen-bond donors (Lipinski definition) is 1. The zero-order valence-electron chi connectivity index (χ0n) is 14.3. The summed E-state index contributed by atoms with van der Waals surface area (Å²) in [4.78, 5) is 17.0. The van der Waals surface area contributed by atoms with Crippen molar-refractivity contribution in [1.82, 2.24) is 14.3 Å². The van der Waals surface area contributed by atoms with Crippen molar-refractivity contribution in [3.63, 3.8) is 0 Å². The largest absolute Gasteiger partial charge is 0.298 e. The van der Waals surface area contributed by atoms with E-state index < -0.39 is 10.0 Å². The molecule has 3 rings (SSSR count). The van der Waals surface area contributed by atoms with E-state index >= 15 is 0 Å². The minimum Gasteiger partial charge on any atom is -0.298 e. The van der Waals surface area contributed by atoms with Crippen LogP contribution in [0.25, 0.3) is 10.9 Å². The van der Waals surface area contributed by atoms with Crippen LogP contribution in [-0.2, 0) is 23.6 Å². The minimum absolute atomic E-state index is 0.0637. The van der Waals surface area contributed by atoms with Crippen molar-refractivity contribution in [2.75, 3.05) is 0 Å². The zero-order chi connectivity index (χ0) is 18.2. The van der Waals surface area contributed by atoms with Gasteiger partial charge in [-0.05, 0) is 49.2 Å². The fourth-order valence-corrected chi connectivity index (χ4v) is 3.61. The molecule has 1 aromatic heterocycles. The second kappa shape index (κ2) is 6.42. The molecule has 1 heterocycles. The van der Waals surface area contributed by atoms with Crippen molar-refractivity contribution in [3.05, 3.63) is 69.8 Å². The molecule has 0 bridgehead atoms. The van der Waals surface area contributed by atoms with Gasteiger partial charge in [0.1, 0.15) is 5.82 Å². The van der Waals surface area contributed by atoms with Gasteiger partial charge in [-0.1, -0.05) is 18.2 Å². The fourth-order valence-electron chi connectivity index (χ4n) is 2.55. The molecule has 0 aliphatic rings. The summed E-state index contributed by atoms with van der Waals surface area (Å²) in [6.45, 7) is 3.72. The summed E-state index contributed by atoms with van der Waals surface area (Å²) >= 11 is 0. The molecule has 6 nitrogen and oxygen atoms in total. The summed E-state index contributed by atoms with van der Waals surface area (Å²) in [7, 11) is -2.10. The number of nitrogens with one attached hydrogen (secondary N) is 1. The van der Waals surface area contributed by atoms with E-state index in [-0.39, 0.29) is 17.0 Å². The van der Waals surface area contributed by atoms with Crippen LogP contribution in [-0.4, -0.2) is 18.0 Å². The Hall–Kier alpha value is -2.51. The molecule has 0 saturated heterocycles. The highest BCUT2D eigenvalue weighted by atomic mass is 32.2. The number of benzene rings is 2. The molecule has 130 valence electrons. The van der Waals surface area contributed by atoms with E-state index in [1.807, 2.05) is 13.8 Å². The molecule has 0 atom stereocenters. The van der Waals surface area contributed by atoms with Crippen LogP contribution in [0.15, 0.2) is 52.2 Å². The molecular weight excluding hydrogens is 338 g/mol. The lowest BCUT2D eigenvalue weighted by Gasteiger charge is -2.11. The van der Waals surface area contributed by atoms with Gasteiger partial charge in [-0.15, -0.1) is 0 Å².